The van der Waals surface area contributed by atoms with Gasteiger partial charge in [0.25, 0.3) is 11.6 Å². The van der Waals surface area contributed by atoms with Crippen LogP contribution in [-0.2, 0) is 29.5 Å². The Morgan fingerprint density at radius 2 is 2.25 bits per heavy atom. The molecule has 2 aromatic rings. The third-order valence-electron chi connectivity index (χ3n) is 3.90. The van der Waals surface area contributed by atoms with Crippen LogP contribution in [-0.4, -0.2) is 39.4 Å². The molecule has 0 fully saturated rings. The van der Waals surface area contributed by atoms with Gasteiger partial charge in [-0.2, -0.15) is 0 Å². The van der Waals surface area contributed by atoms with Crippen LogP contribution >= 0.6 is 11.3 Å². The second kappa shape index (κ2) is 6.44. The van der Waals surface area contributed by atoms with Crippen molar-refractivity contribution in [3.63, 3.8) is 0 Å². The summed E-state index contributed by atoms with van der Waals surface area (Å²) in [7, 11) is 1.51. The van der Waals surface area contributed by atoms with Gasteiger partial charge in [0.05, 0.1) is 11.1 Å². The molecule has 0 saturated carbocycles. The number of carbonyl (C=O) groups is 2. The van der Waals surface area contributed by atoms with Gasteiger partial charge in [-0.25, -0.2) is 4.79 Å². The Kier molecular flexibility index (Phi) is 4.34. The Morgan fingerprint density at radius 1 is 1.46 bits per heavy atom. The molecular weight excluding hydrogens is 334 g/mol. The second-order valence-electron chi connectivity index (χ2n) is 5.46. The quantitative estimate of drug-likeness (QED) is 0.476. The van der Waals surface area contributed by atoms with Crippen LogP contribution in [0.5, 0.6) is 0 Å². The number of ether oxygens (including phenoxy) is 1. The van der Waals surface area contributed by atoms with Gasteiger partial charge in [-0.15, -0.1) is 11.3 Å². The number of aryl methyl sites for hydroxylation is 1. The summed E-state index contributed by atoms with van der Waals surface area (Å²) in [5, 5.41) is 12.7. The van der Waals surface area contributed by atoms with E-state index in [1.807, 2.05) is 11.4 Å². The number of carbonyl (C=O) groups excluding carboxylic acids is 2. The SMILES string of the molecule is Cn1cc([N+](=O)[O-])cc1C(=O)OCC(=O)N1CCc2sccc2C1. The van der Waals surface area contributed by atoms with Crippen molar-refractivity contribution in [1.82, 2.24) is 9.47 Å². The predicted octanol–water partition coefficient (Wildman–Crippen LogP) is 1.74. The van der Waals surface area contributed by atoms with Crippen LogP contribution in [0.25, 0.3) is 0 Å². The third-order valence-corrected chi connectivity index (χ3v) is 4.92. The summed E-state index contributed by atoms with van der Waals surface area (Å²) in [4.78, 5) is 37.3. The highest BCUT2D eigenvalue weighted by molar-refractivity contribution is 7.10. The third kappa shape index (κ3) is 3.16. The van der Waals surface area contributed by atoms with Crippen LogP contribution in [0.3, 0.4) is 0 Å². The molecule has 9 heteroatoms. The maximum atomic E-state index is 12.2. The Bertz CT molecular complexity index is 810. The largest absolute Gasteiger partial charge is 0.451 e. The molecule has 0 saturated heterocycles. The fraction of sp³-hybridized carbons (Fsp3) is 0.333. The molecule has 0 aromatic carbocycles. The highest BCUT2D eigenvalue weighted by Gasteiger charge is 2.24. The highest BCUT2D eigenvalue weighted by Crippen LogP contribution is 2.24. The molecule has 0 N–H and O–H groups in total. The molecule has 3 rings (SSSR count). The number of hydrogen-bond acceptors (Lipinski definition) is 6. The number of rotatable bonds is 4. The van der Waals surface area contributed by atoms with Gasteiger partial charge in [-0.3, -0.25) is 14.9 Å². The van der Waals surface area contributed by atoms with E-state index in [9.17, 15) is 19.7 Å². The average molecular weight is 349 g/mol. The molecule has 0 unspecified atom stereocenters. The average Bonchev–Trinajstić information content (AvgIpc) is 3.17. The Hall–Kier alpha value is -2.68. The Balaban J connectivity index is 1.58. The molecule has 3 heterocycles. The number of thiophene rings is 1. The molecule has 2 aromatic heterocycles. The van der Waals surface area contributed by atoms with Crippen LogP contribution < -0.4 is 0 Å². The summed E-state index contributed by atoms with van der Waals surface area (Å²) >= 11 is 1.68. The minimum Gasteiger partial charge on any atom is -0.451 e. The van der Waals surface area contributed by atoms with Gasteiger partial charge in [0, 0.05) is 31.1 Å². The van der Waals surface area contributed by atoms with E-state index in [4.69, 9.17) is 4.74 Å². The monoisotopic (exact) mass is 349 g/mol. The highest BCUT2D eigenvalue weighted by atomic mass is 32.1. The van der Waals surface area contributed by atoms with E-state index in [0.717, 1.165) is 18.1 Å². The first-order valence-electron chi connectivity index (χ1n) is 7.26. The lowest BCUT2D eigenvalue weighted by Crippen LogP contribution is -2.38. The van der Waals surface area contributed by atoms with Gasteiger partial charge in [0.1, 0.15) is 5.69 Å². The fourth-order valence-electron chi connectivity index (χ4n) is 2.60. The molecule has 24 heavy (non-hydrogen) atoms. The minimum atomic E-state index is -0.757. The standard InChI is InChI=1S/C15H15N3O5S/c1-16-8-11(18(21)22)6-12(16)15(20)23-9-14(19)17-4-2-13-10(7-17)3-5-24-13/h3,5-6,8H,2,4,7,9H2,1H3. The van der Waals surface area contributed by atoms with E-state index in [-0.39, 0.29) is 23.9 Å². The van der Waals surface area contributed by atoms with E-state index >= 15 is 0 Å². The van der Waals surface area contributed by atoms with Gasteiger partial charge >= 0.3 is 5.97 Å². The molecule has 126 valence electrons. The van der Waals surface area contributed by atoms with Crippen molar-refractivity contribution in [3.05, 3.63) is 50.0 Å². The Labute approximate surface area is 141 Å². The zero-order valence-electron chi connectivity index (χ0n) is 12.9. The van der Waals surface area contributed by atoms with E-state index in [1.54, 1.807) is 16.2 Å². The number of fused-ring (bicyclic) bond motifs is 1. The molecule has 0 spiro atoms. The summed E-state index contributed by atoms with van der Waals surface area (Å²) < 4.78 is 6.32. The minimum absolute atomic E-state index is 0.0354. The maximum Gasteiger partial charge on any atom is 0.355 e. The van der Waals surface area contributed by atoms with Crippen LogP contribution in [0.2, 0.25) is 0 Å². The smallest absolute Gasteiger partial charge is 0.355 e. The first-order valence-corrected chi connectivity index (χ1v) is 8.14. The van der Waals surface area contributed by atoms with Gasteiger partial charge in [0.2, 0.25) is 0 Å². The lowest BCUT2D eigenvalue weighted by atomic mass is 10.1. The van der Waals surface area contributed by atoms with Crippen molar-refractivity contribution in [2.75, 3.05) is 13.2 Å². The zero-order chi connectivity index (χ0) is 17.3. The number of esters is 1. The molecular formula is C15H15N3O5S. The number of hydrogen-bond donors (Lipinski definition) is 0. The number of nitro groups is 1. The summed E-state index contributed by atoms with van der Waals surface area (Å²) in [5.74, 6) is -1.03. The fourth-order valence-corrected chi connectivity index (χ4v) is 3.49. The van der Waals surface area contributed by atoms with Crippen LogP contribution in [0.1, 0.15) is 20.9 Å². The van der Waals surface area contributed by atoms with Crippen molar-refractivity contribution in [3.8, 4) is 0 Å². The van der Waals surface area contributed by atoms with Gasteiger partial charge in [0.15, 0.2) is 6.61 Å². The molecule has 1 aliphatic heterocycles. The van der Waals surface area contributed by atoms with Crippen molar-refractivity contribution in [2.45, 2.75) is 13.0 Å². The van der Waals surface area contributed by atoms with E-state index in [2.05, 4.69) is 0 Å². The van der Waals surface area contributed by atoms with Gasteiger partial charge in [-0.05, 0) is 23.4 Å². The summed E-state index contributed by atoms with van der Waals surface area (Å²) in [6.07, 6.45) is 2.03. The molecule has 8 nitrogen and oxygen atoms in total. The zero-order valence-corrected chi connectivity index (χ0v) is 13.7. The van der Waals surface area contributed by atoms with E-state index < -0.39 is 10.9 Å². The number of aromatic nitrogens is 1. The topological polar surface area (TPSA) is 94.7 Å². The predicted molar refractivity (Wildman–Crippen MR) is 85.8 cm³/mol. The molecule has 1 amide bonds. The van der Waals surface area contributed by atoms with Crippen molar-refractivity contribution < 1.29 is 19.2 Å². The summed E-state index contributed by atoms with van der Waals surface area (Å²) in [6.45, 7) is 0.738. The van der Waals surface area contributed by atoms with E-state index in [0.29, 0.717) is 13.1 Å². The number of amides is 1. The first-order chi connectivity index (χ1) is 11.5. The van der Waals surface area contributed by atoms with Crippen molar-refractivity contribution >= 4 is 28.9 Å². The van der Waals surface area contributed by atoms with Crippen molar-refractivity contribution in [1.29, 1.82) is 0 Å². The molecule has 0 aliphatic carbocycles. The Morgan fingerprint density at radius 3 is 2.96 bits per heavy atom. The van der Waals surface area contributed by atoms with Crippen molar-refractivity contribution in [2.24, 2.45) is 7.05 Å². The van der Waals surface area contributed by atoms with Crippen LogP contribution in [0.15, 0.2) is 23.7 Å². The van der Waals surface area contributed by atoms with E-state index in [1.165, 1.54) is 22.7 Å². The molecule has 0 radical (unpaired) electrons. The number of nitrogens with zero attached hydrogens (tertiary/aromatic N) is 3. The summed E-state index contributed by atoms with van der Waals surface area (Å²) in [6, 6.07) is 3.12. The normalized spacial score (nSPS) is 13.5. The van der Waals surface area contributed by atoms with Crippen LogP contribution in [0, 0.1) is 10.1 Å². The summed E-state index contributed by atoms with van der Waals surface area (Å²) in [5.41, 5.74) is 0.967. The lowest BCUT2D eigenvalue weighted by molar-refractivity contribution is -0.384. The second-order valence-corrected chi connectivity index (χ2v) is 6.46. The maximum absolute atomic E-state index is 12.2. The lowest BCUT2D eigenvalue weighted by Gasteiger charge is -2.26. The molecule has 0 atom stereocenters. The van der Waals surface area contributed by atoms with Gasteiger partial charge in [-0.1, -0.05) is 0 Å². The van der Waals surface area contributed by atoms with Crippen LogP contribution in [0.4, 0.5) is 5.69 Å². The molecule has 1 aliphatic rings. The van der Waals surface area contributed by atoms with Gasteiger partial charge < -0.3 is 14.2 Å². The molecule has 0 bridgehead atoms. The first kappa shape index (κ1) is 16.2.